The van der Waals surface area contributed by atoms with Gasteiger partial charge in [0.15, 0.2) is 17.0 Å². The first-order chi connectivity index (χ1) is 13.2. The van der Waals surface area contributed by atoms with E-state index in [1.54, 1.807) is 6.33 Å². The van der Waals surface area contributed by atoms with Crippen molar-refractivity contribution in [3.63, 3.8) is 0 Å². The molecule has 0 fully saturated rings. The highest BCUT2D eigenvalue weighted by Gasteiger charge is 2.16. The number of benzene rings is 2. The standard InChI is InChI=1S/C21H18N6/c1-15(17-10-6-3-7-11-17)24-20-19-21(26-18(12-22)25-20)27(14-23-19)13-16-8-4-2-5-9-16/h2-11,14-15H,13H2,1H3,(H,24,25,26)/t15-/m1/s1. The van der Waals surface area contributed by atoms with Gasteiger partial charge in [-0.3, -0.25) is 0 Å². The van der Waals surface area contributed by atoms with Crippen LogP contribution in [0.2, 0.25) is 0 Å². The summed E-state index contributed by atoms with van der Waals surface area (Å²) in [4.78, 5) is 13.2. The molecule has 2 heterocycles. The average Bonchev–Trinajstić information content (AvgIpc) is 3.12. The molecule has 6 nitrogen and oxygen atoms in total. The van der Waals surface area contributed by atoms with Gasteiger partial charge in [-0.2, -0.15) is 15.2 Å². The predicted octanol–water partition coefficient (Wildman–Crippen LogP) is 3.92. The molecule has 132 valence electrons. The Morgan fingerprint density at radius 3 is 2.44 bits per heavy atom. The molecule has 1 atom stereocenters. The number of hydrogen-bond donors (Lipinski definition) is 1. The minimum Gasteiger partial charge on any atom is -0.362 e. The molecule has 0 radical (unpaired) electrons. The van der Waals surface area contributed by atoms with Gasteiger partial charge in [0, 0.05) is 0 Å². The summed E-state index contributed by atoms with van der Waals surface area (Å²) in [6.45, 7) is 2.68. The first kappa shape index (κ1) is 16.7. The minimum absolute atomic E-state index is 0.0233. The Kier molecular flexibility index (Phi) is 4.50. The first-order valence-electron chi connectivity index (χ1n) is 8.73. The van der Waals surface area contributed by atoms with Gasteiger partial charge in [-0.25, -0.2) is 4.98 Å². The number of nitriles is 1. The summed E-state index contributed by atoms with van der Waals surface area (Å²) in [6, 6.07) is 22.2. The van der Waals surface area contributed by atoms with E-state index in [2.05, 4.69) is 57.5 Å². The van der Waals surface area contributed by atoms with Crippen LogP contribution in [0.3, 0.4) is 0 Å². The van der Waals surface area contributed by atoms with Crippen molar-refractivity contribution in [3.8, 4) is 6.07 Å². The molecule has 6 heteroatoms. The molecule has 0 aliphatic heterocycles. The van der Waals surface area contributed by atoms with Gasteiger partial charge in [-0.15, -0.1) is 0 Å². The van der Waals surface area contributed by atoms with E-state index in [9.17, 15) is 5.26 Å². The number of fused-ring (bicyclic) bond motifs is 1. The fourth-order valence-corrected chi connectivity index (χ4v) is 3.02. The topological polar surface area (TPSA) is 79.4 Å². The molecule has 4 rings (SSSR count). The molecule has 0 aliphatic carbocycles. The van der Waals surface area contributed by atoms with Crippen LogP contribution >= 0.6 is 0 Å². The number of imidazole rings is 1. The molecular weight excluding hydrogens is 336 g/mol. The Morgan fingerprint density at radius 1 is 1.04 bits per heavy atom. The van der Waals surface area contributed by atoms with Gasteiger partial charge in [0.1, 0.15) is 6.07 Å². The number of anilines is 1. The molecule has 0 bridgehead atoms. The second-order valence-corrected chi connectivity index (χ2v) is 6.31. The molecule has 0 saturated carbocycles. The zero-order chi connectivity index (χ0) is 18.6. The highest BCUT2D eigenvalue weighted by Crippen LogP contribution is 2.24. The second-order valence-electron chi connectivity index (χ2n) is 6.31. The van der Waals surface area contributed by atoms with Crippen LogP contribution in [0.4, 0.5) is 5.82 Å². The highest BCUT2D eigenvalue weighted by atomic mass is 15.2. The van der Waals surface area contributed by atoms with Crippen molar-refractivity contribution in [1.29, 1.82) is 5.26 Å². The van der Waals surface area contributed by atoms with E-state index in [-0.39, 0.29) is 11.9 Å². The summed E-state index contributed by atoms with van der Waals surface area (Å²) < 4.78 is 1.94. The number of rotatable bonds is 5. The van der Waals surface area contributed by atoms with E-state index in [4.69, 9.17) is 0 Å². The van der Waals surface area contributed by atoms with Crippen LogP contribution in [0.25, 0.3) is 11.2 Å². The van der Waals surface area contributed by atoms with Crippen LogP contribution in [0, 0.1) is 11.3 Å². The Morgan fingerprint density at radius 2 is 1.74 bits per heavy atom. The Balaban J connectivity index is 1.72. The zero-order valence-electron chi connectivity index (χ0n) is 14.9. The second kappa shape index (κ2) is 7.26. The van der Waals surface area contributed by atoms with Crippen molar-refractivity contribution in [2.45, 2.75) is 19.5 Å². The summed E-state index contributed by atoms with van der Waals surface area (Å²) in [5.74, 6) is 0.694. The number of nitrogens with zero attached hydrogens (tertiary/aromatic N) is 5. The molecular formula is C21H18N6. The monoisotopic (exact) mass is 354 g/mol. The van der Waals surface area contributed by atoms with Crippen molar-refractivity contribution >= 4 is 17.0 Å². The lowest BCUT2D eigenvalue weighted by Gasteiger charge is -2.15. The van der Waals surface area contributed by atoms with Crippen LogP contribution in [-0.4, -0.2) is 19.5 Å². The third-order valence-corrected chi connectivity index (χ3v) is 4.41. The first-order valence-corrected chi connectivity index (χ1v) is 8.73. The molecule has 2 aromatic heterocycles. The lowest BCUT2D eigenvalue weighted by molar-refractivity contribution is 0.811. The summed E-state index contributed by atoms with van der Waals surface area (Å²) in [5.41, 5.74) is 3.58. The smallest absolute Gasteiger partial charge is 0.236 e. The molecule has 2 aromatic carbocycles. The SMILES string of the molecule is C[C@@H](Nc1nc(C#N)nc2c1ncn2Cc1ccccc1)c1ccccc1. The Hall–Kier alpha value is -3.72. The van der Waals surface area contributed by atoms with Crippen molar-refractivity contribution in [2.75, 3.05) is 5.32 Å². The number of aromatic nitrogens is 4. The van der Waals surface area contributed by atoms with Crippen LogP contribution < -0.4 is 5.32 Å². The lowest BCUT2D eigenvalue weighted by atomic mass is 10.1. The zero-order valence-corrected chi connectivity index (χ0v) is 14.9. The normalized spacial score (nSPS) is 11.9. The van der Waals surface area contributed by atoms with Crippen molar-refractivity contribution in [3.05, 3.63) is 83.9 Å². The third kappa shape index (κ3) is 3.48. The largest absolute Gasteiger partial charge is 0.362 e. The number of nitrogens with one attached hydrogen (secondary N) is 1. The van der Waals surface area contributed by atoms with Gasteiger partial charge in [-0.1, -0.05) is 60.7 Å². The summed E-state index contributed by atoms with van der Waals surface area (Å²) in [7, 11) is 0. The maximum Gasteiger partial charge on any atom is 0.236 e. The third-order valence-electron chi connectivity index (χ3n) is 4.41. The highest BCUT2D eigenvalue weighted by molar-refractivity contribution is 5.83. The fourth-order valence-electron chi connectivity index (χ4n) is 3.02. The Bertz CT molecular complexity index is 1100. The van der Waals surface area contributed by atoms with E-state index in [1.807, 2.05) is 41.0 Å². The maximum absolute atomic E-state index is 9.36. The quantitative estimate of drug-likeness (QED) is 0.587. The molecule has 0 unspecified atom stereocenters. The summed E-state index contributed by atoms with van der Waals surface area (Å²) in [5, 5.41) is 12.7. The minimum atomic E-state index is 0.0233. The van der Waals surface area contributed by atoms with Crippen molar-refractivity contribution < 1.29 is 0 Å². The molecule has 0 aliphatic rings. The van der Waals surface area contributed by atoms with Gasteiger partial charge >= 0.3 is 0 Å². The Labute approximate surface area is 157 Å². The summed E-state index contributed by atoms with van der Waals surface area (Å²) in [6.07, 6.45) is 1.74. The van der Waals surface area contributed by atoms with Crippen LogP contribution in [0.15, 0.2) is 67.0 Å². The van der Waals surface area contributed by atoms with Crippen LogP contribution in [0.5, 0.6) is 0 Å². The molecule has 27 heavy (non-hydrogen) atoms. The van der Waals surface area contributed by atoms with Gasteiger partial charge in [-0.05, 0) is 18.1 Å². The van der Waals surface area contributed by atoms with Crippen LogP contribution in [0.1, 0.15) is 29.9 Å². The van der Waals surface area contributed by atoms with E-state index >= 15 is 0 Å². The van der Waals surface area contributed by atoms with E-state index in [1.165, 1.54) is 0 Å². The number of hydrogen-bond acceptors (Lipinski definition) is 5. The molecule has 0 amide bonds. The molecule has 0 spiro atoms. The molecule has 0 saturated heterocycles. The van der Waals surface area contributed by atoms with Gasteiger partial charge in [0.25, 0.3) is 0 Å². The van der Waals surface area contributed by atoms with Gasteiger partial charge < -0.3 is 9.88 Å². The maximum atomic E-state index is 9.36. The van der Waals surface area contributed by atoms with Crippen molar-refractivity contribution in [1.82, 2.24) is 19.5 Å². The van der Waals surface area contributed by atoms with Crippen molar-refractivity contribution in [2.24, 2.45) is 0 Å². The molecule has 1 N–H and O–H groups in total. The van der Waals surface area contributed by atoms with Crippen LogP contribution in [-0.2, 0) is 6.54 Å². The van der Waals surface area contributed by atoms with E-state index in [0.717, 1.165) is 11.1 Å². The fraction of sp³-hybridized carbons (Fsp3) is 0.143. The molecule has 4 aromatic rings. The lowest BCUT2D eigenvalue weighted by Crippen LogP contribution is -2.10. The summed E-state index contributed by atoms with van der Waals surface area (Å²) >= 11 is 0. The predicted molar refractivity (Wildman–Crippen MR) is 104 cm³/mol. The van der Waals surface area contributed by atoms with Gasteiger partial charge in [0.05, 0.1) is 18.9 Å². The average molecular weight is 354 g/mol. The van der Waals surface area contributed by atoms with Gasteiger partial charge in [0.2, 0.25) is 5.82 Å². The van der Waals surface area contributed by atoms with E-state index in [0.29, 0.717) is 23.5 Å². The van der Waals surface area contributed by atoms with E-state index < -0.39 is 0 Å².